The van der Waals surface area contributed by atoms with Gasteiger partial charge in [0.1, 0.15) is 5.71 Å². The molecule has 0 heterocycles. The Morgan fingerprint density at radius 2 is 1.50 bits per heavy atom. The molecular weight excluding hydrogens is 308 g/mol. The number of hydrogen-bond donors (Lipinski definition) is 0. The maximum absolute atomic E-state index is 12.7. The molecule has 0 unspecified atom stereocenters. The molecule has 0 aliphatic heterocycles. The Balaban J connectivity index is 3.29. The average molecular weight is 319 g/mol. The second kappa shape index (κ2) is 6.64. The topological polar surface area (TPSA) is 12.4 Å². The summed E-state index contributed by atoms with van der Waals surface area (Å²) in [4.78, 5) is 3.40. The van der Waals surface area contributed by atoms with E-state index < -0.39 is 23.6 Å². The summed E-state index contributed by atoms with van der Waals surface area (Å²) in [5.41, 5.74) is -2.23. The van der Waals surface area contributed by atoms with Crippen LogP contribution in [0.5, 0.6) is 0 Å². The van der Waals surface area contributed by atoms with Gasteiger partial charge < -0.3 is 0 Å². The van der Waals surface area contributed by atoms with Crippen LogP contribution in [0.3, 0.4) is 0 Å². The predicted molar refractivity (Wildman–Crippen MR) is 73.3 cm³/mol. The van der Waals surface area contributed by atoms with E-state index in [0.717, 1.165) is 30.3 Å². The SMILES string of the molecule is C=C/C=C(\N=C(/C=C)C(F)(F)F)c1ccc(C(F)(F)F)cc1. The fraction of sp³-hybridized carbons (Fsp3) is 0.133. The molecule has 0 atom stereocenters. The molecule has 0 spiro atoms. The van der Waals surface area contributed by atoms with E-state index in [1.165, 1.54) is 6.08 Å². The van der Waals surface area contributed by atoms with Gasteiger partial charge in [0, 0.05) is 5.56 Å². The highest BCUT2D eigenvalue weighted by Crippen LogP contribution is 2.30. The smallest absolute Gasteiger partial charge is 0.243 e. The molecule has 0 saturated heterocycles. The summed E-state index contributed by atoms with van der Waals surface area (Å²) in [5, 5.41) is 0. The third-order valence-electron chi connectivity index (χ3n) is 2.51. The van der Waals surface area contributed by atoms with Crippen molar-refractivity contribution in [2.75, 3.05) is 0 Å². The summed E-state index contributed by atoms with van der Waals surface area (Å²) in [5.74, 6) is 0. The molecule has 0 bridgehead atoms. The van der Waals surface area contributed by atoms with Crippen LogP contribution >= 0.6 is 0 Å². The molecule has 0 radical (unpaired) electrons. The molecular formula is C15H11F6N. The minimum Gasteiger partial charge on any atom is -0.243 e. The summed E-state index contributed by atoms with van der Waals surface area (Å²) >= 11 is 0. The zero-order chi connectivity index (χ0) is 17.0. The lowest BCUT2D eigenvalue weighted by atomic mass is 10.1. The van der Waals surface area contributed by atoms with Crippen LogP contribution in [0.4, 0.5) is 26.3 Å². The van der Waals surface area contributed by atoms with E-state index in [-0.39, 0.29) is 11.3 Å². The molecule has 0 aliphatic carbocycles. The lowest BCUT2D eigenvalue weighted by Gasteiger charge is -2.10. The Morgan fingerprint density at radius 3 is 1.86 bits per heavy atom. The van der Waals surface area contributed by atoms with Crippen LogP contribution < -0.4 is 0 Å². The van der Waals surface area contributed by atoms with Gasteiger partial charge in [-0.1, -0.05) is 31.4 Å². The van der Waals surface area contributed by atoms with Crippen LogP contribution in [0, 0.1) is 0 Å². The van der Waals surface area contributed by atoms with E-state index in [1.807, 2.05) is 0 Å². The van der Waals surface area contributed by atoms with Crippen molar-refractivity contribution >= 4 is 11.4 Å². The number of hydrogen-bond acceptors (Lipinski definition) is 1. The first kappa shape index (κ1) is 17.7. The van der Waals surface area contributed by atoms with Gasteiger partial charge in [-0.2, -0.15) is 26.3 Å². The van der Waals surface area contributed by atoms with Crippen molar-refractivity contribution in [3.8, 4) is 0 Å². The van der Waals surface area contributed by atoms with Crippen molar-refractivity contribution in [2.45, 2.75) is 12.4 Å². The second-order valence-corrected chi connectivity index (χ2v) is 4.06. The zero-order valence-electron chi connectivity index (χ0n) is 11.2. The third kappa shape index (κ3) is 4.61. The van der Waals surface area contributed by atoms with Crippen LogP contribution in [0.15, 0.2) is 60.6 Å². The molecule has 7 heteroatoms. The largest absolute Gasteiger partial charge is 0.433 e. The fourth-order valence-corrected chi connectivity index (χ4v) is 1.49. The monoisotopic (exact) mass is 319 g/mol. The van der Waals surface area contributed by atoms with Crippen molar-refractivity contribution in [1.29, 1.82) is 0 Å². The molecule has 118 valence electrons. The summed E-state index contributed by atoms with van der Waals surface area (Å²) < 4.78 is 75.4. The number of halogens is 6. The van der Waals surface area contributed by atoms with Crippen molar-refractivity contribution in [3.05, 3.63) is 66.8 Å². The van der Waals surface area contributed by atoms with E-state index in [2.05, 4.69) is 18.2 Å². The molecule has 0 saturated carbocycles. The molecule has 1 aromatic carbocycles. The summed E-state index contributed by atoms with van der Waals surface area (Å²) in [6.07, 6.45) is -6.36. The molecule has 0 N–H and O–H groups in total. The molecule has 1 rings (SSSR count). The fourth-order valence-electron chi connectivity index (χ4n) is 1.49. The third-order valence-corrected chi connectivity index (χ3v) is 2.51. The number of alkyl halides is 6. The highest BCUT2D eigenvalue weighted by molar-refractivity contribution is 6.02. The second-order valence-electron chi connectivity index (χ2n) is 4.06. The zero-order valence-corrected chi connectivity index (χ0v) is 11.2. The maximum Gasteiger partial charge on any atom is 0.433 e. The Bertz CT molecular complexity index is 602. The van der Waals surface area contributed by atoms with E-state index in [4.69, 9.17) is 0 Å². The highest BCUT2D eigenvalue weighted by atomic mass is 19.4. The summed E-state index contributed by atoms with van der Waals surface area (Å²) in [6, 6.07) is 3.61. The first-order valence-electron chi connectivity index (χ1n) is 5.88. The number of allylic oxidation sites excluding steroid dienone is 3. The molecule has 1 aromatic rings. The van der Waals surface area contributed by atoms with Gasteiger partial charge in [-0.05, 0) is 24.3 Å². The van der Waals surface area contributed by atoms with E-state index in [0.29, 0.717) is 6.08 Å². The molecule has 0 aliphatic rings. The van der Waals surface area contributed by atoms with Crippen LogP contribution in [-0.2, 0) is 6.18 Å². The molecule has 1 nitrogen and oxygen atoms in total. The summed E-state index contributed by atoms with van der Waals surface area (Å²) in [6.45, 7) is 6.37. The van der Waals surface area contributed by atoms with Crippen molar-refractivity contribution in [2.24, 2.45) is 4.99 Å². The van der Waals surface area contributed by atoms with E-state index in [9.17, 15) is 26.3 Å². The molecule has 0 aromatic heterocycles. The van der Waals surface area contributed by atoms with Crippen LogP contribution in [0.2, 0.25) is 0 Å². The minimum absolute atomic E-state index is 0.0940. The van der Waals surface area contributed by atoms with Crippen molar-refractivity contribution in [1.82, 2.24) is 0 Å². The molecule has 0 fully saturated rings. The molecule has 22 heavy (non-hydrogen) atoms. The lowest BCUT2D eigenvalue weighted by Crippen LogP contribution is -2.20. The average Bonchev–Trinajstić information content (AvgIpc) is 2.41. The number of nitrogens with zero attached hydrogens (tertiary/aromatic N) is 1. The van der Waals surface area contributed by atoms with Gasteiger partial charge >= 0.3 is 12.4 Å². The number of rotatable bonds is 4. The quantitative estimate of drug-likeness (QED) is 0.399. The van der Waals surface area contributed by atoms with Crippen LogP contribution in [0.1, 0.15) is 11.1 Å². The van der Waals surface area contributed by atoms with Gasteiger partial charge in [-0.3, -0.25) is 0 Å². The lowest BCUT2D eigenvalue weighted by molar-refractivity contribution is -0.137. The van der Waals surface area contributed by atoms with Gasteiger partial charge in [0.25, 0.3) is 0 Å². The first-order chi connectivity index (χ1) is 10.1. The number of aliphatic imine (C=N–C) groups is 1. The number of benzene rings is 1. The standard InChI is InChI=1S/C15H11F6N/c1-3-5-12(22-13(4-2)15(19,20)21)10-6-8-11(9-7-10)14(16,17)18/h3-9H,1-2H2/b12-5-,22-13+. The van der Waals surface area contributed by atoms with Crippen molar-refractivity contribution < 1.29 is 26.3 Å². The normalized spacial score (nSPS) is 13.9. The first-order valence-corrected chi connectivity index (χ1v) is 5.88. The Hall–Kier alpha value is -2.31. The van der Waals surface area contributed by atoms with Crippen molar-refractivity contribution in [3.63, 3.8) is 0 Å². The van der Waals surface area contributed by atoms with Gasteiger partial charge in [0.05, 0.1) is 11.3 Å². The Morgan fingerprint density at radius 1 is 0.955 bits per heavy atom. The van der Waals surface area contributed by atoms with Crippen LogP contribution in [-0.4, -0.2) is 11.9 Å². The predicted octanol–water partition coefficient (Wildman–Crippen LogP) is 5.42. The van der Waals surface area contributed by atoms with Crippen LogP contribution in [0.25, 0.3) is 5.70 Å². The minimum atomic E-state index is -4.71. The molecule has 0 amide bonds. The highest BCUT2D eigenvalue weighted by Gasteiger charge is 2.34. The summed E-state index contributed by atoms with van der Waals surface area (Å²) in [7, 11) is 0. The Kier molecular flexibility index (Phi) is 5.35. The van der Waals surface area contributed by atoms with Gasteiger partial charge in [-0.25, -0.2) is 4.99 Å². The van der Waals surface area contributed by atoms with E-state index >= 15 is 0 Å². The van der Waals surface area contributed by atoms with Gasteiger partial charge in [-0.15, -0.1) is 0 Å². The van der Waals surface area contributed by atoms with Gasteiger partial charge in [0.15, 0.2) is 0 Å². The van der Waals surface area contributed by atoms with Gasteiger partial charge in [0.2, 0.25) is 0 Å². The maximum atomic E-state index is 12.7. The van der Waals surface area contributed by atoms with E-state index in [1.54, 1.807) is 0 Å². The Labute approximate surface area is 123 Å².